The molecule has 3 aromatic rings. The minimum atomic E-state index is -0.283. The average molecular weight is 415 g/mol. The van der Waals surface area contributed by atoms with Gasteiger partial charge in [0.05, 0.1) is 17.8 Å². The molecule has 158 valence electrons. The first-order valence-corrected chi connectivity index (χ1v) is 10.00. The van der Waals surface area contributed by atoms with Crippen molar-refractivity contribution in [1.29, 1.82) is 0 Å². The maximum atomic E-state index is 12.6. The van der Waals surface area contributed by atoms with Crippen LogP contribution in [-0.2, 0) is 11.3 Å². The van der Waals surface area contributed by atoms with Gasteiger partial charge in [0.25, 0.3) is 5.91 Å². The van der Waals surface area contributed by atoms with Gasteiger partial charge in [0.2, 0.25) is 5.91 Å². The van der Waals surface area contributed by atoms with Gasteiger partial charge in [-0.15, -0.1) is 0 Å². The molecule has 3 aromatic carbocycles. The fourth-order valence-corrected chi connectivity index (χ4v) is 2.97. The number of rotatable bonds is 8. The Labute approximate surface area is 181 Å². The fraction of sp³-hybridized carbons (Fsp3) is 0.160. The second-order valence-electron chi connectivity index (χ2n) is 7.25. The zero-order valence-corrected chi connectivity index (χ0v) is 17.6. The van der Waals surface area contributed by atoms with Crippen molar-refractivity contribution in [3.8, 4) is 0 Å². The zero-order valence-electron chi connectivity index (χ0n) is 17.6. The maximum absolute atomic E-state index is 12.6. The Balaban J connectivity index is 1.57. The van der Waals surface area contributed by atoms with Gasteiger partial charge in [-0.3, -0.25) is 14.4 Å². The highest BCUT2D eigenvalue weighted by atomic mass is 16.2. The molecular formula is C25H25N3O3. The number of para-hydroxylation sites is 1. The summed E-state index contributed by atoms with van der Waals surface area (Å²) in [6, 6.07) is 21.7. The summed E-state index contributed by atoms with van der Waals surface area (Å²) in [7, 11) is 0. The molecule has 0 aromatic heterocycles. The van der Waals surface area contributed by atoms with E-state index < -0.39 is 0 Å². The fourth-order valence-electron chi connectivity index (χ4n) is 2.97. The average Bonchev–Trinajstić information content (AvgIpc) is 2.78. The third kappa shape index (κ3) is 6.27. The quantitative estimate of drug-likeness (QED) is 0.482. The highest BCUT2D eigenvalue weighted by Crippen LogP contribution is 2.16. The molecule has 0 atom stereocenters. The lowest BCUT2D eigenvalue weighted by Gasteiger charge is -2.12. The maximum Gasteiger partial charge on any atom is 0.253 e. The largest absolute Gasteiger partial charge is 0.376 e. The van der Waals surface area contributed by atoms with Crippen LogP contribution in [0.25, 0.3) is 0 Å². The van der Waals surface area contributed by atoms with Crippen LogP contribution < -0.4 is 16.0 Å². The minimum absolute atomic E-state index is 0.0124. The molecule has 0 bridgehead atoms. The summed E-state index contributed by atoms with van der Waals surface area (Å²) >= 11 is 0. The summed E-state index contributed by atoms with van der Waals surface area (Å²) in [5.41, 5.74) is 4.34. The van der Waals surface area contributed by atoms with E-state index in [4.69, 9.17) is 0 Å². The number of amides is 2. The van der Waals surface area contributed by atoms with Crippen molar-refractivity contribution in [2.75, 3.05) is 17.2 Å². The van der Waals surface area contributed by atoms with E-state index in [1.807, 2.05) is 31.2 Å². The number of ketones is 1. The molecule has 0 fully saturated rings. The lowest BCUT2D eigenvalue weighted by Crippen LogP contribution is -2.26. The van der Waals surface area contributed by atoms with E-state index in [9.17, 15) is 14.4 Å². The molecule has 0 radical (unpaired) electrons. The Bertz CT molecular complexity index is 1070. The Morgan fingerprint density at radius 2 is 1.52 bits per heavy atom. The molecule has 2 amide bonds. The van der Waals surface area contributed by atoms with E-state index in [1.165, 1.54) is 6.92 Å². The first-order valence-electron chi connectivity index (χ1n) is 10.00. The van der Waals surface area contributed by atoms with Gasteiger partial charge in [-0.25, -0.2) is 0 Å². The van der Waals surface area contributed by atoms with Crippen molar-refractivity contribution < 1.29 is 14.4 Å². The van der Waals surface area contributed by atoms with E-state index in [1.54, 1.807) is 48.5 Å². The van der Waals surface area contributed by atoms with Gasteiger partial charge in [0.1, 0.15) is 0 Å². The minimum Gasteiger partial charge on any atom is -0.376 e. The van der Waals surface area contributed by atoms with Gasteiger partial charge in [-0.2, -0.15) is 0 Å². The van der Waals surface area contributed by atoms with Crippen LogP contribution in [0.2, 0.25) is 0 Å². The van der Waals surface area contributed by atoms with Crippen molar-refractivity contribution in [1.82, 2.24) is 5.32 Å². The summed E-state index contributed by atoms with van der Waals surface area (Å²) < 4.78 is 0. The van der Waals surface area contributed by atoms with E-state index >= 15 is 0 Å². The standard InChI is InChI=1S/C25H25N3O3/c1-17-7-9-19(10-8-17)15-27-25(31)22-5-3-4-6-23(22)28-24(30)16-26-21-13-11-20(12-14-21)18(2)29/h3-14,26H,15-16H2,1-2H3,(H,27,31)(H,28,30). The van der Waals surface area contributed by atoms with Gasteiger partial charge in [-0.05, 0) is 55.8 Å². The number of anilines is 2. The first kappa shape index (κ1) is 21.8. The number of hydrogen-bond donors (Lipinski definition) is 3. The highest BCUT2D eigenvalue weighted by molar-refractivity contribution is 6.04. The van der Waals surface area contributed by atoms with E-state index in [2.05, 4.69) is 16.0 Å². The van der Waals surface area contributed by atoms with Crippen LogP contribution >= 0.6 is 0 Å². The summed E-state index contributed by atoms with van der Waals surface area (Å²) in [5.74, 6) is -0.555. The zero-order chi connectivity index (χ0) is 22.2. The van der Waals surface area contributed by atoms with E-state index in [-0.39, 0.29) is 24.1 Å². The summed E-state index contributed by atoms with van der Waals surface area (Å²) in [6.07, 6.45) is 0. The summed E-state index contributed by atoms with van der Waals surface area (Å²) in [5, 5.41) is 8.67. The number of carbonyl (C=O) groups is 3. The van der Waals surface area contributed by atoms with Gasteiger partial charge in [-0.1, -0.05) is 42.0 Å². The molecule has 0 aliphatic heterocycles. The van der Waals surface area contributed by atoms with Gasteiger partial charge in [0, 0.05) is 17.8 Å². The molecule has 0 saturated heterocycles. The molecule has 3 rings (SSSR count). The van der Waals surface area contributed by atoms with Gasteiger partial charge < -0.3 is 16.0 Å². The lowest BCUT2D eigenvalue weighted by atomic mass is 10.1. The van der Waals surface area contributed by atoms with Crippen molar-refractivity contribution >= 4 is 29.0 Å². The van der Waals surface area contributed by atoms with Crippen molar-refractivity contribution in [2.24, 2.45) is 0 Å². The third-order valence-electron chi connectivity index (χ3n) is 4.76. The van der Waals surface area contributed by atoms with E-state index in [0.29, 0.717) is 23.4 Å². The summed E-state index contributed by atoms with van der Waals surface area (Å²) in [4.78, 5) is 36.4. The molecule has 0 aliphatic rings. The highest BCUT2D eigenvalue weighted by Gasteiger charge is 2.13. The number of hydrogen-bond acceptors (Lipinski definition) is 4. The van der Waals surface area contributed by atoms with Crippen molar-refractivity contribution in [3.05, 3.63) is 95.1 Å². The van der Waals surface area contributed by atoms with Crippen molar-refractivity contribution in [3.63, 3.8) is 0 Å². The molecule has 0 unspecified atom stereocenters. The normalized spacial score (nSPS) is 10.3. The molecule has 0 aliphatic carbocycles. The third-order valence-corrected chi connectivity index (χ3v) is 4.76. The molecular weight excluding hydrogens is 390 g/mol. The first-order chi connectivity index (χ1) is 14.9. The van der Waals surface area contributed by atoms with Crippen LogP contribution in [-0.4, -0.2) is 24.1 Å². The molecule has 0 spiro atoms. The number of aryl methyl sites for hydroxylation is 1. The molecule has 3 N–H and O–H groups in total. The van der Waals surface area contributed by atoms with Gasteiger partial charge >= 0.3 is 0 Å². The van der Waals surface area contributed by atoms with Crippen LogP contribution in [0.4, 0.5) is 11.4 Å². The van der Waals surface area contributed by atoms with Crippen LogP contribution in [0.5, 0.6) is 0 Å². The Morgan fingerprint density at radius 3 is 2.19 bits per heavy atom. The van der Waals surface area contributed by atoms with Crippen LogP contribution in [0.15, 0.2) is 72.8 Å². The van der Waals surface area contributed by atoms with Crippen LogP contribution in [0, 0.1) is 6.92 Å². The number of carbonyl (C=O) groups excluding carboxylic acids is 3. The second kappa shape index (κ2) is 10.2. The number of benzene rings is 3. The Morgan fingerprint density at radius 1 is 0.839 bits per heavy atom. The Kier molecular flexibility index (Phi) is 7.17. The van der Waals surface area contributed by atoms with Crippen LogP contribution in [0.3, 0.4) is 0 Å². The molecule has 6 nitrogen and oxygen atoms in total. The molecule has 6 heteroatoms. The summed E-state index contributed by atoms with van der Waals surface area (Å²) in [6.45, 7) is 3.94. The second-order valence-corrected chi connectivity index (χ2v) is 7.25. The lowest BCUT2D eigenvalue weighted by molar-refractivity contribution is -0.114. The molecule has 31 heavy (non-hydrogen) atoms. The Hall–Kier alpha value is -3.93. The number of Topliss-reactive ketones (excluding diaryl/α,β-unsaturated/α-hetero) is 1. The SMILES string of the molecule is CC(=O)c1ccc(NCC(=O)Nc2ccccc2C(=O)NCc2ccc(C)cc2)cc1. The van der Waals surface area contributed by atoms with E-state index in [0.717, 1.165) is 16.8 Å². The van der Waals surface area contributed by atoms with Crippen LogP contribution in [0.1, 0.15) is 38.8 Å². The molecule has 0 heterocycles. The van der Waals surface area contributed by atoms with Crippen molar-refractivity contribution in [2.45, 2.75) is 20.4 Å². The predicted molar refractivity (Wildman–Crippen MR) is 122 cm³/mol. The number of nitrogens with one attached hydrogen (secondary N) is 3. The topological polar surface area (TPSA) is 87.3 Å². The smallest absolute Gasteiger partial charge is 0.253 e. The monoisotopic (exact) mass is 415 g/mol. The van der Waals surface area contributed by atoms with Gasteiger partial charge in [0.15, 0.2) is 5.78 Å². The molecule has 0 saturated carbocycles. The predicted octanol–water partition coefficient (Wildman–Crippen LogP) is 4.18.